The third kappa shape index (κ3) is 2.01. The van der Waals surface area contributed by atoms with Gasteiger partial charge in [-0.15, -0.1) is 11.3 Å². The molecular formula is C8H7BrO2S. The van der Waals surface area contributed by atoms with Crippen molar-refractivity contribution in [1.29, 1.82) is 0 Å². The molecule has 1 heterocycles. The fourth-order valence-electron chi connectivity index (χ4n) is 0.743. The molecule has 1 aromatic heterocycles. The van der Waals surface area contributed by atoms with Crippen LogP contribution in [0.5, 0.6) is 0 Å². The first-order valence-electron chi connectivity index (χ1n) is 3.35. The number of alkyl halides is 1. The largest absolute Gasteiger partial charge is 0.291 e. The molecule has 0 aromatic carbocycles. The van der Waals surface area contributed by atoms with E-state index in [-0.39, 0.29) is 0 Å². The van der Waals surface area contributed by atoms with Gasteiger partial charge in [-0.25, -0.2) is 0 Å². The van der Waals surface area contributed by atoms with E-state index in [1.54, 1.807) is 0 Å². The van der Waals surface area contributed by atoms with Gasteiger partial charge in [-0.1, -0.05) is 22.0 Å². The number of rotatable bonds is 3. The van der Waals surface area contributed by atoms with Crippen molar-refractivity contribution in [2.45, 2.75) is 11.8 Å². The topological polar surface area (TPSA) is 34.1 Å². The molecule has 2 nitrogen and oxygen atoms in total. The van der Waals surface area contributed by atoms with E-state index in [9.17, 15) is 9.59 Å². The van der Waals surface area contributed by atoms with Gasteiger partial charge in [0, 0.05) is 11.8 Å². The van der Waals surface area contributed by atoms with Crippen LogP contribution in [0.4, 0.5) is 0 Å². The van der Waals surface area contributed by atoms with Gasteiger partial charge in [0.25, 0.3) is 0 Å². The predicted molar refractivity (Wildman–Crippen MR) is 51.7 cm³/mol. The van der Waals surface area contributed by atoms with Crippen molar-refractivity contribution in [2.24, 2.45) is 0 Å². The van der Waals surface area contributed by atoms with Crippen molar-refractivity contribution in [2.75, 3.05) is 0 Å². The molecule has 1 rings (SSSR count). The zero-order valence-corrected chi connectivity index (χ0v) is 8.81. The Morgan fingerprint density at radius 2 is 2.25 bits per heavy atom. The Balaban J connectivity index is 2.79. The average Bonchev–Trinajstić information content (AvgIpc) is 2.53. The molecule has 1 aromatic rings. The van der Waals surface area contributed by atoms with Crippen LogP contribution in [0.15, 0.2) is 17.5 Å². The first-order valence-corrected chi connectivity index (χ1v) is 5.14. The Morgan fingerprint density at radius 3 is 2.67 bits per heavy atom. The predicted octanol–water partition coefficient (Wildman–Crippen LogP) is 2.34. The summed E-state index contributed by atoms with van der Waals surface area (Å²) in [5.74, 6) is -0.803. The lowest BCUT2D eigenvalue weighted by molar-refractivity contribution is -0.134. The molecule has 0 saturated carbocycles. The first-order chi connectivity index (χ1) is 5.63. The fraction of sp³-hybridized carbons (Fsp3) is 0.250. The summed E-state index contributed by atoms with van der Waals surface area (Å²) in [5, 5.41) is 1.87. The summed E-state index contributed by atoms with van der Waals surface area (Å²) in [6.07, 6.45) is 0. The van der Waals surface area contributed by atoms with Crippen LogP contribution in [0.1, 0.15) is 16.6 Å². The lowest BCUT2D eigenvalue weighted by atomic mass is 10.2. The van der Waals surface area contributed by atoms with Crippen LogP contribution in [-0.4, -0.2) is 11.6 Å². The molecule has 0 amide bonds. The van der Waals surface area contributed by atoms with E-state index in [4.69, 9.17) is 0 Å². The number of carbonyl (C=O) groups excluding carboxylic acids is 2. The summed E-state index contributed by atoms with van der Waals surface area (Å²) in [7, 11) is 0. The van der Waals surface area contributed by atoms with Crippen molar-refractivity contribution in [1.82, 2.24) is 0 Å². The summed E-state index contributed by atoms with van der Waals surface area (Å²) >= 11 is 4.63. The molecule has 0 aliphatic heterocycles. The normalized spacial score (nSPS) is 12.5. The summed E-state index contributed by atoms with van der Waals surface area (Å²) in [5.41, 5.74) is 0. The van der Waals surface area contributed by atoms with Gasteiger partial charge < -0.3 is 0 Å². The smallest absolute Gasteiger partial charge is 0.216 e. The van der Waals surface area contributed by atoms with E-state index in [1.165, 1.54) is 18.3 Å². The monoisotopic (exact) mass is 246 g/mol. The minimum atomic E-state index is -0.463. The minimum absolute atomic E-state index is 0.391. The van der Waals surface area contributed by atoms with Crippen LogP contribution in [0, 0.1) is 0 Å². The van der Waals surface area contributed by atoms with E-state index in [2.05, 4.69) is 15.9 Å². The van der Waals surface area contributed by atoms with E-state index in [1.807, 2.05) is 17.5 Å². The van der Waals surface area contributed by atoms with Crippen molar-refractivity contribution in [3.63, 3.8) is 0 Å². The molecule has 0 aliphatic rings. The highest BCUT2D eigenvalue weighted by atomic mass is 79.9. The van der Waals surface area contributed by atoms with Crippen LogP contribution in [-0.2, 0) is 9.59 Å². The molecule has 0 N–H and O–H groups in total. The van der Waals surface area contributed by atoms with Crippen molar-refractivity contribution < 1.29 is 9.59 Å². The number of Topliss-reactive ketones (excluding diaryl/α,β-unsaturated/α-hetero) is 2. The van der Waals surface area contributed by atoms with E-state index in [0.717, 1.165) is 4.88 Å². The molecule has 12 heavy (non-hydrogen) atoms. The van der Waals surface area contributed by atoms with Crippen LogP contribution in [0.3, 0.4) is 0 Å². The quantitative estimate of drug-likeness (QED) is 0.606. The van der Waals surface area contributed by atoms with Gasteiger partial charge in [-0.05, 0) is 11.4 Å². The van der Waals surface area contributed by atoms with Gasteiger partial charge >= 0.3 is 0 Å². The molecule has 0 radical (unpaired) electrons. The van der Waals surface area contributed by atoms with Gasteiger partial charge in [0.1, 0.15) is 4.83 Å². The number of halogens is 1. The highest BCUT2D eigenvalue weighted by Gasteiger charge is 2.21. The maximum atomic E-state index is 11.2. The van der Waals surface area contributed by atoms with E-state index in [0.29, 0.717) is 0 Å². The molecule has 1 atom stereocenters. The second kappa shape index (κ2) is 3.96. The van der Waals surface area contributed by atoms with Crippen LogP contribution >= 0.6 is 27.3 Å². The molecule has 0 fully saturated rings. The summed E-state index contributed by atoms with van der Waals surface area (Å²) in [6, 6.07) is 3.67. The lowest BCUT2D eigenvalue weighted by Crippen LogP contribution is -2.14. The molecule has 1 unspecified atom stereocenters. The Morgan fingerprint density at radius 1 is 1.58 bits per heavy atom. The SMILES string of the molecule is CC(=O)C(=O)C(Br)c1cccs1. The lowest BCUT2D eigenvalue weighted by Gasteiger charge is -2.01. The Bertz CT molecular complexity index is 292. The molecule has 4 heteroatoms. The van der Waals surface area contributed by atoms with E-state index < -0.39 is 16.4 Å². The average molecular weight is 247 g/mol. The molecular weight excluding hydrogens is 240 g/mol. The van der Waals surface area contributed by atoms with Crippen molar-refractivity contribution >= 4 is 38.8 Å². The zero-order chi connectivity index (χ0) is 9.14. The van der Waals surface area contributed by atoms with Crippen molar-refractivity contribution in [3.8, 4) is 0 Å². The molecule has 0 saturated heterocycles. The van der Waals surface area contributed by atoms with Gasteiger partial charge in [0.2, 0.25) is 5.78 Å². The Kier molecular flexibility index (Phi) is 3.17. The number of carbonyl (C=O) groups is 2. The van der Waals surface area contributed by atoms with Gasteiger partial charge in [-0.2, -0.15) is 0 Å². The second-order valence-corrected chi connectivity index (χ2v) is 4.19. The Hall–Kier alpha value is -0.480. The maximum Gasteiger partial charge on any atom is 0.216 e. The minimum Gasteiger partial charge on any atom is -0.291 e. The zero-order valence-electron chi connectivity index (χ0n) is 6.41. The fourth-order valence-corrected chi connectivity index (χ4v) is 2.24. The molecule has 0 spiro atoms. The standard InChI is InChI=1S/C8H7BrO2S/c1-5(10)8(11)7(9)6-3-2-4-12-6/h2-4,7H,1H3. The van der Waals surface area contributed by atoms with Crippen LogP contribution in [0.25, 0.3) is 0 Å². The summed E-state index contributed by atoms with van der Waals surface area (Å²) < 4.78 is 0. The number of thiophene rings is 1. The van der Waals surface area contributed by atoms with Gasteiger partial charge in [0.05, 0.1) is 0 Å². The Labute approximate surface area is 82.7 Å². The molecule has 0 aliphatic carbocycles. The first kappa shape index (κ1) is 9.61. The maximum absolute atomic E-state index is 11.2. The number of hydrogen-bond acceptors (Lipinski definition) is 3. The number of ketones is 2. The van der Waals surface area contributed by atoms with Crippen LogP contribution in [0.2, 0.25) is 0 Å². The highest BCUT2D eigenvalue weighted by Crippen LogP contribution is 2.27. The van der Waals surface area contributed by atoms with Gasteiger partial charge in [0.15, 0.2) is 5.78 Å². The highest BCUT2D eigenvalue weighted by molar-refractivity contribution is 9.09. The van der Waals surface area contributed by atoms with E-state index >= 15 is 0 Å². The van der Waals surface area contributed by atoms with Crippen molar-refractivity contribution in [3.05, 3.63) is 22.4 Å². The van der Waals surface area contributed by atoms with Crippen LogP contribution < -0.4 is 0 Å². The van der Waals surface area contributed by atoms with Gasteiger partial charge in [-0.3, -0.25) is 9.59 Å². The molecule has 0 bridgehead atoms. The summed E-state index contributed by atoms with van der Waals surface area (Å²) in [4.78, 5) is 22.3. The third-order valence-electron chi connectivity index (χ3n) is 1.37. The third-order valence-corrected chi connectivity index (χ3v) is 3.52. The second-order valence-electron chi connectivity index (χ2n) is 2.30. The number of hydrogen-bond donors (Lipinski definition) is 0. The summed E-state index contributed by atoms with van der Waals surface area (Å²) in [6.45, 7) is 1.28. The molecule has 64 valence electrons.